The summed E-state index contributed by atoms with van der Waals surface area (Å²) in [6, 6.07) is 10.3. The molecule has 96 valence electrons. The van der Waals surface area contributed by atoms with Gasteiger partial charge < -0.3 is 10.1 Å². The molecule has 0 saturated heterocycles. The summed E-state index contributed by atoms with van der Waals surface area (Å²) in [5, 5.41) is 6.23. The van der Waals surface area contributed by atoms with E-state index in [0.717, 1.165) is 17.3 Å². The molecule has 1 aromatic heterocycles. The smallest absolute Gasteiger partial charge is 0.123 e. The van der Waals surface area contributed by atoms with Crippen molar-refractivity contribution < 1.29 is 4.74 Å². The van der Waals surface area contributed by atoms with E-state index >= 15 is 0 Å². The van der Waals surface area contributed by atoms with Gasteiger partial charge >= 0.3 is 0 Å². The van der Waals surface area contributed by atoms with Crippen LogP contribution in [0, 0.1) is 0 Å². The molecule has 0 amide bonds. The maximum Gasteiger partial charge on any atom is 0.123 e. The third kappa shape index (κ3) is 3.25. The zero-order valence-corrected chi connectivity index (χ0v) is 12.0. The molecule has 0 aliphatic carbocycles. The minimum Gasteiger partial charge on any atom is -0.496 e. The van der Waals surface area contributed by atoms with Gasteiger partial charge in [0.25, 0.3) is 0 Å². The predicted octanol–water partition coefficient (Wildman–Crippen LogP) is 4.26. The fourth-order valence-electron chi connectivity index (χ4n) is 1.83. The van der Waals surface area contributed by atoms with E-state index in [1.165, 1.54) is 10.4 Å². The Morgan fingerprint density at radius 2 is 2.17 bits per heavy atom. The van der Waals surface area contributed by atoms with Gasteiger partial charge in [-0.25, -0.2) is 0 Å². The molecule has 2 nitrogen and oxygen atoms in total. The molecule has 0 saturated carbocycles. The first kappa shape index (κ1) is 13.4. The lowest BCUT2D eigenvalue weighted by molar-refractivity contribution is 0.401. The fraction of sp³-hybridized carbons (Fsp3) is 0.286. The monoisotopic (exact) mass is 281 g/mol. The van der Waals surface area contributed by atoms with Crippen LogP contribution in [0.4, 0.5) is 0 Å². The Labute approximate surface area is 117 Å². The van der Waals surface area contributed by atoms with Crippen molar-refractivity contribution in [2.45, 2.75) is 19.5 Å². The van der Waals surface area contributed by atoms with Gasteiger partial charge in [-0.1, -0.05) is 29.8 Å². The molecular weight excluding hydrogens is 266 g/mol. The molecule has 0 aliphatic heterocycles. The summed E-state index contributed by atoms with van der Waals surface area (Å²) in [7, 11) is 1.70. The molecule has 2 rings (SSSR count). The Morgan fingerprint density at radius 3 is 2.83 bits per heavy atom. The Kier molecular flexibility index (Phi) is 4.64. The van der Waals surface area contributed by atoms with Crippen LogP contribution in [0.25, 0.3) is 0 Å². The van der Waals surface area contributed by atoms with Crippen LogP contribution in [0.15, 0.2) is 35.7 Å². The van der Waals surface area contributed by atoms with Crippen LogP contribution >= 0.6 is 22.9 Å². The number of halogens is 1. The van der Waals surface area contributed by atoms with Crippen molar-refractivity contribution in [3.8, 4) is 5.75 Å². The Bertz CT molecular complexity index is 512. The lowest BCUT2D eigenvalue weighted by atomic mass is 10.1. The summed E-state index contributed by atoms with van der Waals surface area (Å²) >= 11 is 7.57. The van der Waals surface area contributed by atoms with Crippen molar-refractivity contribution in [3.05, 3.63) is 51.2 Å². The van der Waals surface area contributed by atoms with Crippen molar-refractivity contribution in [1.82, 2.24) is 5.32 Å². The molecule has 0 unspecified atom stereocenters. The Hall–Kier alpha value is -1.03. The highest BCUT2D eigenvalue weighted by atomic mass is 35.5. The number of ether oxygens (including phenoxy) is 1. The number of hydrogen-bond donors (Lipinski definition) is 1. The molecule has 1 N–H and O–H groups in total. The molecule has 0 bridgehead atoms. The summed E-state index contributed by atoms with van der Waals surface area (Å²) in [5.74, 6) is 0.918. The van der Waals surface area contributed by atoms with Gasteiger partial charge in [-0.3, -0.25) is 0 Å². The van der Waals surface area contributed by atoms with Crippen molar-refractivity contribution >= 4 is 22.9 Å². The molecule has 18 heavy (non-hydrogen) atoms. The van der Waals surface area contributed by atoms with Crippen LogP contribution in [0.5, 0.6) is 5.75 Å². The van der Waals surface area contributed by atoms with Gasteiger partial charge in [0.15, 0.2) is 0 Å². The van der Waals surface area contributed by atoms with E-state index in [0.29, 0.717) is 0 Å². The zero-order valence-electron chi connectivity index (χ0n) is 10.4. The highest BCUT2D eigenvalue weighted by Crippen LogP contribution is 2.25. The average Bonchev–Trinajstić information content (AvgIpc) is 2.81. The number of methoxy groups -OCH3 is 1. The third-order valence-corrected chi connectivity index (χ3v) is 4.09. The maximum atomic E-state index is 5.90. The number of hydrogen-bond acceptors (Lipinski definition) is 3. The van der Waals surface area contributed by atoms with Crippen LogP contribution < -0.4 is 10.1 Å². The van der Waals surface area contributed by atoms with Gasteiger partial charge in [-0.2, -0.15) is 0 Å². The number of nitrogens with one attached hydrogen (secondary N) is 1. The number of para-hydroxylation sites is 1. The van der Waals surface area contributed by atoms with Gasteiger partial charge in [-0.05, 0) is 19.1 Å². The van der Waals surface area contributed by atoms with Crippen molar-refractivity contribution in [1.29, 1.82) is 0 Å². The lowest BCUT2D eigenvalue weighted by Crippen LogP contribution is -2.18. The second kappa shape index (κ2) is 6.23. The highest BCUT2D eigenvalue weighted by Gasteiger charge is 2.10. The van der Waals surface area contributed by atoms with E-state index in [-0.39, 0.29) is 6.04 Å². The van der Waals surface area contributed by atoms with Gasteiger partial charge in [0.2, 0.25) is 0 Å². The van der Waals surface area contributed by atoms with E-state index in [9.17, 15) is 0 Å². The Morgan fingerprint density at radius 1 is 1.39 bits per heavy atom. The molecule has 2 aromatic rings. The summed E-state index contributed by atoms with van der Waals surface area (Å²) in [6.07, 6.45) is 0. The van der Waals surface area contributed by atoms with Crippen molar-refractivity contribution in [2.24, 2.45) is 0 Å². The van der Waals surface area contributed by atoms with Crippen LogP contribution in [0.3, 0.4) is 0 Å². The van der Waals surface area contributed by atoms with Gasteiger partial charge in [0, 0.05) is 28.4 Å². The molecule has 1 aromatic carbocycles. The molecule has 0 radical (unpaired) electrons. The predicted molar refractivity (Wildman–Crippen MR) is 77.6 cm³/mol. The van der Waals surface area contributed by atoms with E-state index < -0.39 is 0 Å². The topological polar surface area (TPSA) is 21.3 Å². The average molecular weight is 282 g/mol. The van der Waals surface area contributed by atoms with E-state index in [4.69, 9.17) is 16.3 Å². The standard InChI is InChI=1S/C14H16ClNOS/c1-10(13-5-3-4-6-14(13)17-2)16-8-12-7-11(15)9-18-12/h3-7,9-10,16H,8H2,1-2H3/t10-/m1/s1. The number of benzene rings is 1. The van der Waals surface area contributed by atoms with Gasteiger partial charge in [0.1, 0.15) is 5.75 Å². The van der Waals surface area contributed by atoms with E-state index in [1.54, 1.807) is 18.4 Å². The van der Waals surface area contributed by atoms with Crippen LogP contribution in [-0.4, -0.2) is 7.11 Å². The minimum absolute atomic E-state index is 0.238. The summed E-state index contributed by atoms with van der Waals surface area (Å²) in [5.41, 5.74) is 1.17. The highest BCUT2D eigenvalue weighted by molar-refractivity contribution is 7.10. The molecule has 1 heterocycles. The van der Waals surface area contributed by atoms with Crippen LogP contribution in [0.2, 0.25) is 5.02 Å². The molecule has 4 heteroatoms. The van der Waals surface area contributed by atoms with Crippen LogP contribution in [-0.2, 0) is 6.54 Å². The van der Waals surface area contributed by atoms with Gasteiger partial charge in [0.05, 0.1) is 12.1 Å². The zero-order chi connectivity index (χ0) is 13.0. The number of thiophene rings is 1. The first-order chi connectivity index (χ1) is 8.70. The second-order valence-electron chi connectivity index (χ2n) is 4.08. The normalized spacial score (nSPS) is 12.4. The second-order valence-corrected chi connectivity index (χ2v) is 5.51. The minimum atomic E-state index is 0.238. The Balaban J connectivity index is 2.01. The molecule has 0 aliphatic rings. The molecular formula is C14H16ClNOS. The summed E-state index contributed by atoms with van der Waals surface area (Å²) < 4.78 is 5.36. The van der Waals surface area contributed by atoms with Crippen LogP contribution in [0.1, 0.15) is 23.4 Å². The van der Waals surface area contributed by atoms with Crippen molar-refractivity contribution in [2.75, 3.05) is 7.11 Å². The quantitative estimate of drug-likeness (QED) is 0.884. The first-order valence-electron chi connectivity index (χ1n) is 5.80. The first-order valence-corrected chi connectivity index (χ1v) is 7.05. The molecule has 0 fully saturated rings. The SMILES string of the molecule is COc1ccccc1[C@@H](C)NCc1cc(Cl)cs1. The lowest BCUT2D eigenvalue weighted by Gasteiger charge is -2.16. The van der Waals surface area contributed by atoms with Gasteiger partial charge in [-0.15, -0.1) is 11.3 Å². The molecule has 0 spiro atoms. The summed E-state index contributed by atoms with van der Waals surface area (Å²) in [4.78, 5) is 1.24. The third-order valence-electron chi connectivity index (χ3n) is 2.81. The molecule has 1 atom stereocenters. The maximum absolute atomic E-state index is 5.90. The largest absolute Gasteiger partial charge is 0.496 e. The van der Waals surface area contributed by atoms with Crippen molar-refractivity contribution in [3.63, 3.8) is 0 Å². The fourth-order valence-corrected chi connectivity index (χ4v) is 2.86. The summed E-state index contributed by atoms with van der Waals surface area (Å²) in [6.45, 7) is 2.95. The van der Waals surface area contributed by atoms with E-state index in [1.807, 2.05) is 29.6 Å². The number of rotatable bonds is 5. The van der Waals surface area contributed by atoms with E-state index in [2.05, 4.69) is 18.3 Å².